The Balaban J connectivity index is 1.75. The summed E-state index contributed by atoms with van der Waals surface area (Å²) in [5, 5.41) is 14.3. The van der Waals surface area contributed by atoms with Crippen LogP contribution in [0.15, 0.2) is 30.5 Å². The summed E-state index contributed by atoms with van der Waals surface area (Å²) in [6.07, 6.45) is 4.28. The molecule has 118 valence electrons. The molecule has 7 nitrogen and oxygen atoms in total. The van der Waals surface area contributed by atoms with Crippen LogP contribution in [0.5, 0.6) is 0 Å². The van der Waals surface area contributed by atoms with Crippen LogP contribution in [-0.2, 0) is 6.42 Å². The van der Waals surface area contributed by atoms with E-state index in [1.54, 1.807) is 0 Å². The minimum absolute atomic E-state index is 0.0687. The van der Waals surface area contributed by atoms with E-state index < -0.39 is 4.92 Å². The lowest BCUT2D eigenvalue weighted by molar-refractivity contribution is -0.384. The monoisotopic (exact) mass is 311 g/mol. The lowest BCUT2D eigenvalue weighted by Gasteiger charge is -2.22. The van der Waals surface area contributed by atoms with E-state index in [-0.39, 0.29) is 11.7 Å². The second kappa shape index (κ2) is 5.19. The molecule has 2 aromatic rings. The molecule has 1 N–H and O–H groups in total. The predicted molar refractivity (Wildman–Crippen MR) is 87.1 cm³/mol. The Hall–Kier alpha value is -2.70. The average Bonchev–Trinajstić information content (AvgIpc) is 3.26. The van der Waals surface area contributed by atoms with E-state index in [0.717, 1.165) is 24.9 Å². The van der Waals surface area contributed by atoms with Crippen LogP contribution in [0.25, 0.3) is 0 Å². The van der Waals surface area contributed by atoms with E-state index in [0.29, 0.717) is 17.8 Å². The summed E-state index contributed by atoms with van der Waals surface area (Å²) in [6.45, 7) is 2.11. The molecular weight excluding hydrogens is 294 g/mol. The highest BCUT2D eigenvalue weighted by atomic mass is 16.6. The molecule has 1 aliphatic heterocycles. The molecule has 1 aromatic heterocycles. The van der Waals surface area contributed by atoms with Gasteiger partial charge in [0.1, 0.15) is 6.20 Å². The number of fused-ring (bicyclic) bond motifs is 1. The number of benzene rings is 1. The molecule has 7 heteroatoms. The molecule has 1 aromatic carbocycles. The smallest absolute Gasteiger partial charge is 0.329 e. The van der Waals surface area contributed by atoms with Crippen molar-refractivity contribution in [2.24, 2.45) is 0 Å². The maximum absolute atomic E-state index is 11.2. The first-order chi connectivity index (χ1) is 11.1. The minimum Gasteiger partial charge on any atom is -0.361 e. The Labute approximate surface area is 133 Å². The zero-order valence-electron chi connectivity index (χ0n) is 12.8. The minimum atomic E-state index is -0.435. The number of rotatable bonds is 4. The van der Waals surface area contributed by atoms with Crippen LogP contribution in [0.1, 0.15) is 25.3 Å². The predicted octanol–water partition coefficient (Wildman–Crippen LogP) is 3.04. The van der Waals surface area contributed by atoms with Crippen LogP contribution in [0.4, 0.5) is 23.1 Å². The maximum atomic E-state index is 11.2. The normalized spacial score (nSPS) is 19.5. The van der Waals surface area contributed by atoms with Gasteiger partial charge in [-0.1, -0.05) is 18.2 Å². The summed E-state index contributed by atoms with van der Waals surface area (Å²) < 4.78 is 0. The third-order valence-corrected chi connectivity index (χ3v) is 4.29. The Kier molecular flexibility index (Phi) is 3.14. The summed E-state index contributed by atoms with van der Waals surface area (Å²) in [5.74, 6) is 0.829. The fourth-order valence-electron chi connectivity index (χ4n) is 3.01. The quantitative estimate of drug-likeness (QED) is 0.690. The number of aromatic nitrogens is 2. The zero-order valence-corrected chi connectivity index (χ0v) is 12.8. The van der Waals surface area contributed by atoms with Gasteiger partial charge >= 0.3 is 5.69 Å². The third kappa shape index (κ3) is 2.48. The molecule has 0 saturated heterocycles. The third-order valence-electron chi connectivity index (χ3n) is 4.29. The van der Waals surface area contributed by atoms with Crippen molar-refractivity contribution in [2.45, 2.75) is 38.3 Å². The van der Waals surface area contributed by atoms with Crippen LogP contribution in [0, 0.1) is 10.1 Å². The SMILES string of the molecule is CC1Cc2ccccc2N1c1ncc([N+](=O)[O-])c(NC2CC2)n1. The maximum Gasteiger partial charge on any atom is 0.329 e. The Morgan fingerprint density at radius 2 is 2.13 bits per heavy atom. The van der Waals surface area contributed by atoms with Crippen molar-refractivity contribution in [3.8, 4) is 0 Å². The standard InChI is InChI=1S/C16H17N5O2/c1-10-8-11-4-2-3-5-13(11)20(10)16-17-9-14(21(22)23)15(19-16)18-12-6-7-12/h2-5,9-10,12H,6-8H2,1H3,(H,17,18,19). The highest BCUT2D eigenvalue weighted by Crippen LogP contribution is 2.38. The van der Waals surface area contributed by atoms with Crippen molar-refractivity contribution in [2.75, 3.05) is 10.2 Å². The van der Waals surface area contributed by atoms with E-state index in [1.165, 1.54) is 11.8 Å². The topological polar surface area (TPSA) is 84.2 Å². The van der Waals surface area contributed by atoms with Crippen LogP contribution in [0.3, 0.4) is 0 Å². The Bertz CT molecular complexity index is 775. The van der Waals surface area contributed by atoms with Crippen LogP contribution < -0.4 is 10.2 Å². The molecule has 1 unspecified atom stereocenters. The summed E-state index contributed by atoms with van der Waals surface area (Å²) in [6, 6.07) is 8.66. The van der Waals surface area contributed by atoms with Crippen LogP contribution in [0.2, 0.25) is 0 Å². The van der Waals surface area contributed by atoms with E-state index in [1.807, 2.05) is 18.2 Å². The summed E-state index contributed by atoms with van der Waals surface area (Å²) in [7, 11) is 0. The van der Waals surface area contributed by atoms with Gasteiger partial charge in [0.15, 0.2) is 0 Å². The molecule has 1 aliphatic carbocycles. The van der Waals surface area contributed by atoms with Crippen molar-refractivity contribution in [1.29, 1.82) is 0 Å². The number of nitrogens with zero attached hydrogens (tertiary/aromatic N) is 4. The van der Waals surface area contributed by atoms with Crippen LogP contribution in [-0.4, -0.2) is 27.0 Å². The summed E-state index contributed by atoms with van der Waals surface area (Å²) in [4.78, 5) is 21.5. The number of nitro groups is 1. The highest BCUT2D eigenvalue weighted by Gasteiger charge is 2.31. The van der Waals surface area contributed by atoms with E-state index in [2.05, 4.69) is 33.2 Å². The van der Waals surface area contributed by atoms with Crippen molar-refractivity contribution in [3.05, 3.63) is 46.1 Å². The fourth-order valence-corrected chi connectivity index (χ4v) is 3.01. The summed E-state index contributed by atoms with van der Waals surface area (Å²) >= 11 is 0. The molecule has 0 amide bonds. The van der Waals surface area contributed by atoms with Gasteiger partial charge in [-0.3, -0.25) is 10.1 Å². The molecule has 2 heterocycles. The van der Waals surface area contributed by atoms with Gasteiger partial charge in [0.2, 0.25) is 11.8 Å². The lowest BCUT2D eigenvalue weighted by Crippen LogP contribution is -2.26. The van der Waals surface area contributed by atoms with E-state index >= 15 is 0 Å². The molecule has 0 spiro atoms. The lowest BCUT2D eigenvalue weighted by atomic mass is 10.1. The Morgan fingerprint density at radius 3 is 2.87 bits per heavy atom. The molecule has 4 rings (SSSR count). The van der Waals surface area contributed by atoms with Crippen LogP contribution >= 0.6 is 0 Å². The molecule has 2 aliphatic rings. The molecular formula is C16H17N5O2. The zero-order chi connectivity index (χ0) is 16.0. The number of hydrogen-bond donors (Lipinski definition) is 1. The number of para-hydroxylation sites is 1. The van der Waals surface area contributed by atoms with Gasteiger partial charge in [-0.15, -0.1) is 0 Å². The molecule has 1 fully saturated rings. The van der Waals surface area contributed by atoms with Crippen molar-refractivity contribution < 1.29 is 4.92 Å². The molecule has 1 atom stereocenters. The van der Waals surface area contributed by atoms with Crippen molar-refractivity contribution in [3.63, 3.8) is 0 Å². The van der Waals surface area contributed by atoms with Gasteiger partial charge in [-0.25, -0.2) is 4.98 Å². The Morgan fingerprint density at radius 1 is 1.35 bits per heavy atom. The number of nitrogens with one attached hydrogen (secondary N) is 1. The van der Waals surface area contributed by atoms with Gasteiger partial charge in [0.25, 0.3) is 0 Å². The number of anilines is 3. The average molecular weight is 311 g/mol. The van der Waals surface area contributed by atoms with E-state index in [4.69, 9.17) is 0 Å². The largest absolute Gasteiger partial charge is 0.361 e. The van der Waals surface area contributed by atoms with Crippen molar-refractivity contribution >= 4 is 23.1 Å². The molecule has 1 saturated carbocycles. The first-order valence-corrected chi connectivity index (χ1v) is 7.78. The van der Waals surface area contributed by atoms with E-state index in [9.17, 15) is 10.1 Å². The highest BCUT2D eigenvalue weighted by molar-refractivity contribution is 5.69. The molecule has 0 radical (unpaired) electrons. The summed E-state index contributed by atoms with van der Waals surface area (Å²) in [5.41, 5.74) is 2.26. The first-order valence-electron chi connectivity index (χ1n) is 7.78. The first kappa shape index (κ1) is 13.9. The van der Waals surface area contributed by atoms with Gasteiger partial charge in [-0.2, -0.15) is 4.98 Å². The van der Waals surface area contributed by atoms with Crippen molar-refractivity contribution in [1.82, 2.24) is 9.97 Å². The molecule has 0 bridgehead atoms. The van der Waals surface area contributed by atoms with Gasteiger partial charge in [0, 0.05) is 17.8 Å². The second-order valence-corrected chi connectivity index (χ2v) is 6.13. The van der Waals surface area contributed by atoms with Gasteiger partial charge in [0.05, 0.1) is 4.92 Å². The second-order valence-electron chi connectivity index (χ2n) is 6.13. The van der Waals surface area contributed by atoms with Gasteiger partial charge in [-0.05, 0) is 37.8 Å². The number of hydrogen-bond acceptors (Lipinski definition) is 6. The fraction of sp³-hybridized carbons (Fsp3) is 0.375. The molecule has 23 heavy (non-hydrogen) atoms. The van der Waals surface area contributed by atoms with Gasteiger partial charge < -0.3 is 10.2 Å².